The molecular formula is C21H26N2O4. The van der Waals surface area contributed by atoms with Crippen molar-refractivity contribution in [1.82, 2.24) is 10.2 Å². The van der Waals surface area contributed by atoms with Crippen LogP contribution in [0.1, 0.15) is 24.5 Å². The van der Waals surface area contributed by atoms with Gasteiger partial charge in [0.2, 0.25) is 11.8 Å². The molecule has 144 valence electrons. The van der Waals surface area contributed by atoms with Crippen molar-refractivity contribution in [3.05, 3.63) is 59.7 Å². The molecule has 0 saturated heterocycles. The minimum absolute atomic E-state index is 0.173. The molecule has 2 amide bonds. The van der Waals surface area contributed by atoms with E-state index < -0.39 is 0 Å². The summed E-state index contributed by atoms with van der Waals surface area (Å²) in [5.74, 6) is 0.732. The molecule has 0 aliphatic heterocycles. The number of nitrogens with zero attached hydrogens (tertiary/aromatic N) is 1. The lowest BCUT2D eigenvalue weighted by atomic mass is 10.2. The standard InChI is InChI=1S/C21H26N2O4/c1-4-23(15-16-8-6-5-7-9-16)21(25)13-20(24)22-14-17-10-11-18(26-2)19(12-17)27-3/h5-12H,4,13-15H2,1-3H3,(H,22,24). The lowest BCUT2D eigenvalue weighted by Crippen LogP contribution is -2.35. The summed E-state index contributed by atoms with van der Waals surface area (Å²) >= 11 is 0. The predicted octanol–water partition coefficient (Wildman–Crippen LogP) is 2.76. The van der Waals surface area contributed by atoms with Crippen molar-refractivity contribution >= 4 is 11.8 Å². The van der Waals surface area contributed by atoms with E-state index in [0.717, 1.165) is 11.1 Å². The van der Waals surface area contributed by atoms with E-state index in [1.54, 1.807) is 31.3 Å². The molecular weight excluding hydrogens is 344 g/mol. The highest BCUT2D eigenvalue weighted by Crippen LogP contribution is 2.27. The third-order valence-electron chi connectivity index (χ3n) is 4.20. The Bertz CT molecular complexity index is 762. The Morgan fingerprint density at radius 1 is 0.963 bits per heavy atom. The summed E-state index contributed by atoms with van der Waals surface area (Å²) in [5, 5.41) is 2.78. The molecule has 6 nitrogen and oxygen atoms in total. The molecule has 0 bridgehead atoms. The number of hydrogen-bond acceptors (Lipinski definition) is 4. The Labute approximate surface area is 160 Å². The number of ether oxygens (including phenoxy) is 2. The molecule has 0 atom stereocenters. The van der Waals surface area contributed by atoms with E-state index >= 15 is 0 Å². The first kappa shape index (κ1) is 20.3. The third-order valence-corrected chi connectivity index (χ3v) is 4.20. The van der Waals surface area contributed by atoms with Crippen LogP contribution in [0, 0.1) is 0 Å². The van der Waals surface area contributed by atoms with Crippen molar-refractivity contribution in [3.63, 3.8) is 0 Å². The topological polar surface area (TPSA) is 67.9 Å². The summed E-state index contributed by atoms with van der Waals surface area (Å²) in [7, 11) is 3.13. The largest absolute Gasteiger partial charge is 0.493 e. The molecule has 2 aromatic carbocycles. The Morgan fingerprint density at radius 2 is 1.67 bits per heavy atom. The zero-order chi connectivity index (χ0) is 19.6. The lowest BCUT2D eigenvalue weighted by Gasteiger charge is -2.21. The number of hydrogen-bond donors (Lipinski definition) is 1. The SMILES string of the molecule is CCN(Cc1ccccc1)C(=O)CC(=O)NCc1ccc(OC)c(OC)c1. The van der Waals surface area contributed by atoms with Gasteiger partial charge in [0.25, 0.3) is 0 Å². The number of amides is 2. The molecule has 0 aliphatic carbocycles. The number of carbonyl (C=O) groups excluding carboxylic acids is 2. The highest BCUT2D eigenvalue weighted by atomic mass is 16.5. The maximum Gasteiger partial charge on any atom is 0.232 e. The van der Waals surface area contributed by atoms with E-state index in [4.69, 9.17) is 9.47 Å². The number of nitrogens with one attached hydrogen (secondary N) is 1. The lowest BCUT2D eigenvalue weighted by molar-refractivity contribution is -0.136. The van der Waals surface area contributed by atoms with Gasteiger partial charge in [0, 0.05) is 19.6 Å². The fourth-order valence-electron chi connectivity index (χ4n) is 2.68. The van der Waals surface area contributed by atoms with Crippen LogP contribution >= 0.6 is 0 Å². The monoisotopic (exact) mass is 370 g/mol. The molecule has 0 aliphatic rings. The van der Waals surface area contributed by atoms with Gasteiger partial charge >= 0.3 is 0 Å². The molecule has 0 aromatic heterocycles. The molecule has 1 N–H and O–H groups in total. The zero-order valence-electron chi connectivity index (χ0n) is 16.0. The first-order valence-electron chi connectivity index (χ1n) is 8.86. The van der Waals surface area contributed by atoms with Gasteiger partial charge in [-0.2, -0.15) is 0 Å². The van der Waals surface area contributed by atoms with Gasteiger partial charge in [0.05, 0.1) is 14.2 Å². The number of carbonyl (C=O) groups is 2. The first-order valence-corrected chi connectivity index (χ1v) is 8.86. The van der Waals surface area contributed by atoms with E-state index in [1.165, 1.54) is 0 Å². The summed E-state index contributed by atoms with van der Waals surface area (Å²) in [6, 6.07) is 15.2. The fourth-order valence-corrected chi connectivity index (χ4v) is 2.68. The molecule has 27 heavy (non-hydrogen) atoms. The quantitative estimate of drug-likeness (QED) is 0.689. The van der Waals surface area contributed by atoms with Gasteiger partial charge in [-0.25, -0.2) is 0 Å². The second-order valence-corrected chi connectivity index (χ2v) is 6.04. The van der Waals surface area contributed by atoms with Gasteiger partial charge in [-0.05, 0) is 30.2 Å². The molecule has 2 aromatic rings. The fraction of sp³-hybridized carbons (Fsp3) is 0.333. The summed E-state index contributed by atoms with van der Waals surface area (Å²) in [5.41, 5.74) is 1.91. The van der Waals surface area contributed by atoms with Gasteiger partial charge < -0.3 is 19.7 Å². The van der Waals surface area contributed by atoms with Crippen LogP contribution in [0.15, 0.2) is 48.5 Å². The Kier molecular flexibility index (Phi) is 7.67. The average molecular weight is 370 g/mol. The van der Waals surface area contributed by atoms with Gasteiger partial charge in [-0.1, -0.05) is 36.4 Å². The van der Waals surface area contributed by atoms with Crippen molar-refractivity contribution in [1.29, 1.82) is 0 Å². The molecule has 0 fully saturated rings. The van der Waals surface area contributed by atoms with Crippen LogP contribution in [0.4, 0.5) is 0 Å². The molecule has 0 unspecified atom stereocenters. The number of benzene rings is 2. The zero-order valence-corrected chi connectivity index (χ0v) is 16.0. The third kappa shape index (κ3) is 6.02. The second-order valence-electron chi connectivity index (χ2n) is 6.04. The van der Waals surface area contributed by atoms with Crippen LogP contribution in [-0.2, 0) is 22.7 Å². The summed E-state index contributed by atoms with van der Waals surface area (Å²) in [6.45, 7) is 3.27. The van der Waals surface area contributed by atoms with Gasteiger partial charge in [0.1, 0.15) is 6.42 Å². The van der Waals surface area contributed by atoms with Gasteiger partial charge in [0.15, 0.2) is 11.5 Å². The van der Waals surface area contributed by atoms with Crippen LogP contribution in [0.25, 0.3) is 0 Å². The Balaban J connectivity index is 1.88. The van der Waals surface area contributed by atoms with Crippen molar-refractivity contribution < 1.29 is 19.1 Å². The van der Waals surface area contributed by atoms with Crippen LogP contribution < -0.4 is 14.8 Å². The van der Waals surface area contributed by atoms with E-state index in [1.807, 2.05) is 43.3 Å². The summed E-state index contributed by atoms with van der Waals surface area (Å²) in [4.78, 5) is 26.2. The number of methoxy groups -OCH3 is 2. The van der Waals surface area contributed by atoms with Crippen molar-refractivity contribution in [2.75, 3.05) is 20.8 Å². The summed E-state index contributed by atoms with van der Waals surface area (Å²) < 4.78 is 10.4. The second kappa shape index (κ2) is 10.2. The van der Waals surface area contributed by atoms with Crippen molar-refractivity contribution in [2.45, 2.75) is 26.4 Å². The van der Waals surface area contributed by atoms with E-state index in [9.17, 15) is 9.59 Å². The van der Waals surface area contributed by atoms with Crippen LogP contribution in [0.2, 0.25) is 0 Å². The molecule has 0 saturated carbocycles. The van der Waals surface area contributed by atoms with E-state index in [-0.39, 0.29) is 18.2 Å². The van der Waals surface area contributed by atoms with Crippen LogP contribution in [0.3, 0.4) is 0 Å². The van der Waals surface area contributed by atoms with Gasteiger partial charge in [-0.15, -0.1) is 0 Å². The van der Waals surface area contributed by atoms with Crippen LogP contribution in [0.5, 0.6) is 11.5 Å². The molecule has 2 rings (SSSR count). The molecule has 0 spiro atoms. The molecule has 6 heteroatoms. The van der Waals surface area contributed by atoms with E-state index in [0.29, 0.717) is 31.1 Å². The number of rotatable bonds is 9. The van der Waals surface area contributed by atoms with Crippen molar-refractivity contribution in [3.8, 4) is 11.5 Å². The predicted molar refractivity (Wildman–Crippen MR) is 104 cm³/mol. The first-order chi connectivity index (χ1) is 13.1. The molecule has 0 radical (unpaired) electrons. The van der Waals surface area contributed by atoms with Crippen LogP contribution in [-0.4, -0.2) is 37.5 Å². The minimum atomic E-state index is -0.304. The molecule has 0 heterocycles. The Morgan fingerprint density at radius 3 is 2.30 bits per heavy atom. The Hall–Kier alpha value is -3.02. The summed E-state index contributed by atoms with van der Waals surface area (Å²) in [6.07, 6.45) is -0.173. The van der Waals surface area contributed by atoms with E-state index in [2.05, 4.69) is 5.32 Å². The highest BCUT2D eigenvalue weighted by Gasteiger charge is 2.16. The maximum absolute atomic E-state index is 12.4. The normalized spacial score (nSPS) is 10.2. The van der Waals surface area contributed by atoms with Crippen molar-refractivity contribution in [2.24, 2.45) is 0 Å². The smallest absolute Gasteiger partial charge is 0.232 e. The highest BCUT2D eigenvalue weighted by molar-refractivity contribution is 5.96. The maximum atomic E-state index is 12.4. The minimum Gasteiger partial charge on any atom is -0.493 e. The average Bonchev–Trinajstić information content (AvgIpc) is 2.70. The van der Waals surface area contributed by atoms with Gasteiger partial charge in [-0.3, -0.25) is 9.59 Å².